The van der Waals surface area contributed by atoms with Crippen molar-refractivity contribution in [2.24, 2.45) is 5.92 Å². The summed E-state index contributed by atoms with van der Waals surface area (Å²) in [6.07, 6.45) is 1.05. The second-order valence-electron chi connectivity index (χ2n) is 6.06. The summed E-state index contributed by atoms with van der Waals surface area (Å²) in [5.74, 6) is 1.45. The highest BCUT2D eigenvalue weighted by molar-refractivity contribution is 6.01. The highest BCUT2D eigenvalue weighted by Crippen LogP contribution is 2.35. The van der Waals surface area contributed by atoms with Gasteiger partial charge in [0.2, 0.25) is 0 Å². The number of hydrogen-bond donors (Lipinski definition) is 0. The van der Waals surface area contributed by atoms with E-state index in [-0.39, 0.29) is 11.7 Å². The van der Waals surface area contributed by atoms with Gasteiger partial charge in [0.25, 0.3) is 0 Å². The minimum Gasteiger partial charge on any atom is -0.492 e. The number of ketones is 1. The molecule has 0 saturated heterocycles. The molecule has 3 rings (SSSR count). The summed E-state index contributed by atoms with van der Waals surface area (Å²) >= 11 is 0. The van der Waals surface area contributed by atoms with Crippen LogP contribution in [0.3, 0.4) is 0 Å². The minimum atomic E-state index is -0.169. The SMILES string of the molecule is CC(C)Cc1ccc(C(=O)C2COc3ccccc32)cc1. The summed E-state index contributed by atoms with van der Waals surface area (Å²) in [5.41, 5.74) is 3.06. The van der Waals surface area contributed by atoms with Crippen molar-refractivity contribution in [1.82, 2.24) is 0 Å². The van der Waals surface area contributed by atoms with Crippen LogP contribution in [0.2, 0.25) is 0 Å². The lowest BCUT2D eigenvalue weighted by molar-refractivity contribution is 0.0947. The number of rotatable bonds is 4. The zero-order chi connectivity index (χ0) is 14.8. The number of Topliss-reactive ketones (excluding diaryl/α,β-unsaturated/α-hetero) is 1. The van der Waals surface area contributed by atoms with Crippen LogP contribution >= 0.6 is 0 Å². The van der Waals surface area contributed by atoms with Gasteiger partial charge in [0.1, 0.15) is 12.4 Å². The van der Waals surface area contributed by atoms with Crippen molar-refractivity contribution in [2.75, 3.05) is 6.61 Å². The third kappa shape index (κ3) is 2.85. The Hall–Kier alpha value is -2.09. The lowest BCUT2D eigenvalue weighted by atomic mass is 9.91. The maximum absolute atomic E-state index is 12.7. The maximum atomic E-state index is 12.7. The lowest BCUT2D eigenvalue weighted by Gasteiger charge is -2.09. The molecule has 2 aromatic rings. The molecule has 21 heavy (non-hydrogen) atoms. The van der Waals surface area contributed by atoms with Crippen molar-refractivity contribution >= 4 is 5.78 Å². The molecule has 2 nitrogen and oxygen atoms in total. The molecule has 1 heterocycles. The fourth-order valence-corrected chi connectivity index (χ4v) is 2.86. The molecule has 0 fully saturated rings. The van der Waals surface area contributed by atoms with Crippen molar-refractivity contribution < 1.29 is 9.53 Å². The van der Waals surface area contributed by atoms with E-state index in [9.17, 15) is 4.79 Å². The molecule has 0 amide bonds. The van der Waals surface area contributed by atoms with Gasteiger partial charge in [-0.1, -0.05) is 56.3 Å². The first-order valence-corrected chi connectivity index (χ1v) is 7.50. The van der Waals surface area contributed by atoms with E-state index in [0.29, 0.717) is 12.5 Å². The van der Waals surface area contributed by atoms with Gasteiger partial charge in [0.15, 0.2) is 5.78 Å². The van der Waals surface area contributed by atoms with Crippen LogP contribution in [-0.2, 0) is 6.42 Å². The number of ether oxygens (including phenoxy) is 1. The largest absolute Gasteiger partial charge is 0.492 e. The van der Waals surface area contributed by atoms with E-state index in [1.54, 1.807) is 0 Å². The quantitative estimate of drug-likeness (QED) is 0.783. The monoisotopic (exact) mass is 280 g/mol. The predicted octanol–water partition coefficient (Wildman–Crippen LogP) is 4.24. The molecule has 1 aliphatic rings. The standard InChI is InChI=1S/C19H20O2/c1-13(2)11-14-7-9-15(10-8-14)19(20)17-12-21-18-6-4-3-5-16(17)18/h3-10,13,17H,11-12H2,1-2H3. The molecule has 2 heteroatoms. The molecule has 0 aromatic heterocycles. The normalized spacial score (nSPS) is 16.6. The highest BCUT2D eigenvalue weighted by atomic mass is 16.5. The first-order chi connectivity index (χ1) is 10.1. The fourth-order valence-electron chi connectivity index (χ4n) is 2.86. The summed E-state index contributed by atoms with van der Waals surface area (Å²) < 4.78 is 5.61. The van der Waals surface area contributed by atoms with Crippen molar-refractivity contribution in [3.05, 3.63) is 65.2 Å². The Kier molecular flexibility index (Phi) is 3.78. The second kappa shape index (κ2) is 5.72. The number of carbonyl (C=O) groups is 1. The van der Waals surface area contributed by atoms with Crippen LogP contribution < -0.4 is 4.74 Å². The van der Waals surface area contributed by atoms with Crippen LogP contribution in [-0.4, -0.2) is 12.4 Å². The fraction of sp³-hybridized carbons (Fsp3) is 0.316. The van der Waals surface area contributed by atoms with Crippen LogP contribution in [0.1, 0.15) is 41.3 Å². The van der Waals surface area contributed by atoms with Crippen molar-refractivity contribution in [2.45, 2.75) is 26.2 Å². The molecule has 0 N–H and O–H groups in total. The topological polar surface area (TPSA) is 26.3 Å². The predicted molar refractivity (Wildman–Crippen MR) is 84.0 cm³/mol. The van der Waals surface area contributed by atoms with E-state index in [0.717, 1.165) is 23.3 Å². The molecule has 108 valence electrons. The van der Waals surface area contributed by atoms with Gasteiger partial charge in [0.05, 0.1) is 5.92 Å². The summed E-state index contributed by atoms with van der Waals surface area (Å²) in [4.78, 5) is 12.7. The lowest BCUT2D eigenvalue weighted by Crippen LogP contribution is -2.14. The van der Waals surface area contributed by atoms with Crippen molar-refractivity contribution in [3.63, 3.8) is 0 Å². The van der Waals surface area contributed by atoms with Crippen molar-refractivity contribution in [3.8, 4) is 5.75 Å². The van der Waals surface area contributed by atoms with Gasteiger partial charge in [-0.2, -0.15) is 0 Å². The number of hydrogen-bond acceptors (Lipinski definition) is 2. The zero-order valence-electron chi connectivity index (χ0n) is 12.5. The summed E-state index contributed by atoms with van der Waals surface area (Å²) in [6.45, 7) is 4.85. The molecule has 1 aliphatic heterocycles. The van der Waals surface area contributed by atoms with E-state index in [2.05, 4.69) is 26.0 Å². The molecular formula is C19H20O2. The summed E-state index contributed by atoms with van der Waals surface area (Å²) in [6, 6.07) is 15.8. The molecule has 2 aromatic carbocycles. The average Bonchev–Trinajstić information content (AvgIpc) is 2.90. The Morgan fingerprint density at radius 3 is 2.57 bits per heavy atom. The zero-order valence-corrected chi connectivity index (χ0v) is 12.5. The molecular weight excluding hydrogens is 260 g/mol. The van der Waals surface area contributed by atoms with Crippen LogP contribution in [0.4, 0.5) is 0 Å². The minimum absolute atomic E-state index is 0.149. The molecule has 0 saturated carbocycles. The number of fused-ring (bicyclic) bond motifs is 1. The number of carbonyl (C=O) groups excluding carboxylic acids is 1. The smallest absolute Gasteiger partial charge is 0.173 e. The summed E-state index contributed by atoms with van der Waals surface area (Å²) in [7, 11) is 0. The molecule has 0 spiro atoms. The van der Waals surface area contributed by atoms with Gasteiger partial charge < -0.3 is 4.74 Å². The van der Waals surface area contributed by atoms with Crippen LogP contribution in [0.15, 0.2) is 48.5 Å². The van der Waals surface area contributed by atoms with Gasteiger partial charge in [-0.3, -0.25) is 4.79 Å². The van der Waals surface area contributed by atoms with Gasteiger partial charge in [0, 0.05) is 11.1 Å². The van der Waals surface area contributed by atoms with Crippen molar-refractivity contribution in [1.29, 1.82) is 0 Å². The Labute approximate surface area is 125 Å². The van der Waals surface area contributed by atoms with E-state index in [4.69, 9.17) is 4.74 Å². The van der Waals surface area contributed by atoms with Crippen LogP contribution in [0, 0.1) is 5.92 Å². The van der Waals surface area contributed by atoms with E-state index >= 15 is 0 Å². The molecule has 0 bridgehead atoms. The third-order valence-corrected chi connectivity index (χ3v) is 3.90. The first-order valence-electron chi connectivity index (χ1n) is 7.50. The first kappa shape index (κ1) is 13.9. The molecule has 1 unspecified atom stereocenters. The van der Waals surface area contributed by atoms with E-state index < -0.39 is 0 Å². The molecule has 1 atom stereocenters. The van der Waals surface area contributed by atoms with Crippen LogP contribution in [0.25, 0.3) is 0 Å². The van der Waals surface area contributed by atoms with E-state index in [1.165, 1.54) is 5.56 Å². The van der Waals surface area contributed by atoms with Gasteiger partial charge in [-0.25, -0.2) is 0 Å². The maximum Gasteiger partial charge on any atom is 0.173 e. The average molecular weight is 280 g/mol. The van der Waals surface area contributed by atoms with E-state index in [1.807, 2.05) is 36.4 Å². The second-order valence-corrected chi connectivity index (χ2v) is 6.06. The Morgan fingerprint density at radius 1 is 1.14 bits per heavy atom. The Balaban J connectivity index is 1.80. The third-order valence-electron chi connectivity index (χ3n) is 3.90. The summed E-state index contributed by atoms with van der Waals surface area (Å²) in [5, 5.41) is 0. The van der Waals surface area contributed by atoms with Crippen LogP contribution in [0.5, 0.6) is 5.75 Å². The Morgan fingerprint density at radius 2 is 1.86 bits per heavy atom. The van der Waals surface area contributed by atoms with Gasteiger partial charge in [-0.05, 0) is 24.0 Å². The number of para-hydroxylation sites is 1. The number of benzene rings is 2. The Bertz CT molecular complexity index is 641. The molecule has 0 aliphatic carbocycles. The highest BCUT2D eigenvalue weighted by Gasteiger charge is 2.30. The van der Waals surface area contributed by atoms with Gasteiger partial charge in [-0.15, -0.1) is 0 Å². The van der Waals surface area contributed by atoms with Gasteiger partial charge >= 0.3 is 0 Å². The molecule has 0 radical (unpaired) electrons.